The molecule has 0 radical (unpaired) electrons. The van der Waals surface area contributed by atoms with Crippen LogP contribution in [0.25, 0.3) is 0 Å². The highest BCUT2D eigenvalue weighted by molar-refractivity contribution is 7.84. The monoisotopic (exact) mass is 313 g/mol. The zero-order valence-electron chi connectivity index (χ0n) is 12.2. The highest BCUT2D eigenvalue weighted by Gasteiger charge is 2.23. The van der Waals surface area contributed by atoms with Crippen molar-refractivity contribution in [3.8, 4) is 0 Å². The zero-order valence-corrected chi connectivity index (χ0v) is 13.0. The molecule has 3 nitrogen and oxygen atoms in total. The number of rotatable bonds is 5. The van der Waals surface area contributed by atoms with Crippen molar-refractivity contribution in [2.45, 2.75) is 38.2 Å². The fourth-order valence-electron chi connectivity index (χ4n) is 2.13. The molecule has 0 bridgehead atoms. The third-order valence-electron chi connectivity index (χ3n) is 3.34. The molecule has 0 aliphatic carbocycles. The van der Waals surface area contributed by atoms with Crippen LogP contribution in [0.3, 0.4) is 0 Å². The van der Waals surface area contributed by atoms with E-state index in [0.29, 0.717) is 18.1 Å². The number of aryl methyl sites for hydroxylation is 2. The Kier molecular flexibility index (Phi) is 4.88. The van der Waals surface area contributed by atoms with E-state index in [1.165, 1.54) is 12.1 Å². The van der Waals surface area contributed by atoms with Crippen molar-refractivity contribution in [3.05, 3.63) is 52.7 Å². The van der Waals surface area contributed by atoms with Crippen molar-refractivity contribution < 1.29 is 17.4 Å². The van der Waals surface area contributed by atoms with Crippen LogP contribution in [-0.2, 0) is 16.6 Å². The number of hydrogen-bond donors (Lipinski definition) is 0. The van der Waals surface area contributed by atoms with Gasteiger partial charge in [-0.25, -0.2) is 13.8 Å². The third-order valence-corrected chi connectivity index (χ3v) is 5.09. The van der Waals surface area contributed by atoms with Crippen molar-refractivity contribution in [2.24, 2.45) is 0 Å². The molecule has 2 aromatic rings. The molecule has 1 aromatic heterocycles. The Hall–Kier alpha value is -1.56. The average Bonchev–Trinajstić information content (AvgIpc) is 2.71. The first-order chi connectivity index (χ1) is 9.92. The normalized spacial score (nSPS) is 14.1. The summed E-state index contributed by atoms with van der Waals surface area (Å²) in [7, 11) is -1.39. The van der Waals surface area contributed by atoms with E-state index in [-0.39, 0.29) is 11.3 Å². The third kappa shape index (κ3) is 3.56. The minimum atomic E-state index is -1.39. The van der Waals surface area contributed by atoms with Gasteiger partial charge < -0.3 is 4.42 Å². The van der Waals surface area contributed by atoms with Crippen LogP contribution in [0, 0.1) is 25.5 Å². The van der Waals surface area contributed by atoms with E-state index in [4.69, 9.17) is 4.42 Å². The summed E-state index contributed by atoms with van der Waals surface area (Å²) in [5.41, 5.74) is 1.01. The average molecular weight is 313 g/mol. The van der Waals surface area contributed by atoms with Crippen molar-refractivity contribution >= 4 is 10.8 Å². The maximum Gasteiger partial charge on any atom is 0.207 e. The Labute approximate surface area is 124 Å². The molecule has 0 aliphatic heterocycles. The summed E-state index contributed by atoms with van der Waals surface area (Å²) in [6, 6.07) is 3.34. The van der Waals surface area contributed by atoms with Crippen LogP contribution in [0.5, 0.6) is 0 Å². The van der Waals surface area contributed by atoms with Crippen LogP contribution in [-0.4, -0.2) is 9.19 Å². The van der Waals surface area contributed by atoms with Gasteiger partial charge in [-0.3, -0.25) is 4.21 Å². The van der Waals surface area contributed by atoms with E-state index in [2.05, 4.69) is 4.98 Å². The van der Waals surface area contributed by atoms with Crippen LogP contribution >= 0.6 is 0 Å². The Morgan fingerprint density at radius 3 is 2.57 bits per heavy atom. The zero-order chi connectivity index (χ0) is 15.6. The topological polar surface area (TPSA) is 43.1 Å². The molecule has 0 unspecified atom stereocenters. The maximum absolute atomic E-state index is 13.8. The molecular weight excluding hydrogens is 296 g/mol. The lowest BCUT2D eigenvalue weighted by Crippen LogP contribution is -2.10. The molecule has 21 heavy (non-hydrogen) atoms. The lowest BCUT2D eigenvalue weighted by atomic mass is 10.1. The fraction of sp³-hybridized carbons (Fsp3) is 0.400. The lowest BCUT2D eigenvalue weighted by molar-refractivity contribution is 0.487. The Morgan fingerprint density at radius 2 is 2.05 bits per heavy atom. The van der Waals surface area contributed by atoms with E-state index in [1.54, 1.807) is 6.92 Å². The van der Waals surface area contributed by atoms with E-state index in [0.717, 1.165) is 11.8 Å². The van der Waals surface area contributed by atoms with E-state index in [9.17, 15) is 13.0 Å². The Balaban J connectivity index is 2.22. The quantitative estimate of drug-likeness (QED) is 0.839. The molecule has 1 heterocycles. The number of benzene rings is 1. The molecule has 0 spiro atoms. The van der Waals surface area contributed by atoms with Crippen molar-refractivity contribution in [3.63, 3.8) is 0 Å². The van der Waals surface area contributed by atoms with E-state index >= 15 is 0 Å². The van der Waals surface area contributed by atoms with Crippen LogP contribution in [0.15, 0.2) is 22.6 Å². The van der Waals surface area contributed by atoms with Gasteiger partial charge in [-0.15, -0.1) is 0 Å². The molecule has 2 atom stereocenters. The van der Waals surface area contributed by atoms with Gasteiger partial charge >= 0.3 is 0 Å². The first kappa shape index (κ1) is 15.8. The van der Waals surface area contributed by atoms with Crippen LogP contribution in [0.2, 0.25) is 0 Å². The van der Waals surface area contributed by atoms with Crippen molar-refractivity contribution in [1.82, 2.24) is 4.98 Å². The molecule has 0 N–H and O–H groups in total. The van der Waals surface area contributed by atoms with Gasteiger partial charge in [0.25, 0.3) is 0 Å². The Bertz CT molecular complexity index is 650. The number of halogens is 2. The molecule has 2 rings (SSSR count). The summed E-state index contributed by atoms with van der Waals surface area (Å²) in [5, 5.41) is -0.516. The highest BCUT2D eigenvalue weighted by atomic mass is 32.2. The highest BCUT2D eigenvalue weighted by Crippen LogP contribution is 2.28. The fourth-order valence-corrected chi connectivity index (χ4v) is 3.55. The summed E-state index contributed by atoms with van der Waals surface area (Å²) < 4.78 is 44.7. The maximum atomic E-state index is 13.8. The predicted octanol–water partition coefficient (Wildman–Crippen LogP) is 3.97. The van der Waals surface area contributed by atoms with Crippen LogP contribution < -0.4 is 0 Å². The van der Waals surface area contributed by atoms with Gasteiger partial charge in [0.1, 0.15) is 23.1 Å². The number of oxazole rings is 1. The molecule has 0 fully saturated rings. The molecule has 0 saturated heterocycles. The molecule has 1 aromatic carbocycles. The number of nitrogens with zero attached hydrogens (tertiary/aromatic N) is 1. The molecule has 0 saturated carbocycles. The van der Waals surface area contributed by atoms with Crippen molar-refractivity contribution in [1.29, 1.82) is 0 Å². The molecule has 6 heteroatoms. The Morgan fingerprint density at radius 1 is 1.33 bits per heavy atom. The summed E-state index contributed by atoms with van der Waals surface area (Å²) in [6.07, 6.45) is 0.480. The first-order valence-corrected chi connectivity index (χ1v) is 8.05. The van der Waals surface area contributed by atoms with Gasteiger partial charge in [0.05, 0.1) is 10.9 Å². The van der Waals surface area contributed by atoms with E-state index in [1.807, 2.05) is 13.8 Å². The largest absolute Gasteiger partial charge is 0.445 e. The summed E-state index contributed by atoms with van der Waals surface area (Å²) >= 11 is 0. The summed E-state index contributed by atoms with van der Waals surface area (Å²) in [6.45, 7) is 5.41. The predicted molar refractivity (Wildman–Crippen MR) is 77.2 cm³/mol. The van der Waals surface area contributed by atoms with Crippen LogP contribution in [0.1, 0.15) is 41.5 Å². The molecule has 114 valence electrons. The van der Waals surface area contributed by atoms with Gasteiger partial charge in [0, 0.05) is 22.4 Å². The minimum absolute atomic E-state index is 0.115. The second-order valence-corrected chi connectivity index (χ2v) is 6.46. The number of aromatic nitrogens is 1. The SMILES string of the molecule is CC[C@@H](c1ccc(F)cc1F)[S@@](=O)Cc1nc(C)c(C)o1. The van der Waals surface area contributed by atoms with E-state index < -0.39 is 27.7 Å². The van der Waals surface area contributed by atoms with Gasteiger partial charge in [-0.2, -0.15) is 0 Å². The first-order valence-electron chi connectivity index (χ1n) is 6.67. The summed E-state index contributed by atoms with van der Waals surface area (Å²) in [4.78, 5) is 4.18. The van der Waals surface area contributed by atoms with Gasteiger partial charge in [-0.1, -0.05) is 13.0 Å². The molecular formula is C15H17F2NO2S. The van der Waals surface area contributed by atoms with Gasteiger partial charge in [-0.05, 0) is 26.3 Å². The molecule has 0 aliphatic rings. The molecule has 0 amide bonds. The second-order valence-electron chi connectivity index (χ2n) is 4.84. The summed E-state index contributed by atoms with van der Waals surface area (Å²) in [5.74, 6) is -0.137. The van der Waals surface area contributed by atoms with Crippen LogP contribution in [0.4, 0.5) is 8.78 Å². The minimum Gasteiger partial charge on any atom is -0.445 e. The van der Waals surface area contributed by atoms with Gasteiger partial charge in [0.15, 0.2) is 0 Å². The van der Waals surface area contributed by atoms with Crippen molar-refractivity contribution in [2.75, 3.05) is 0 Å². The second kappa shape index (κ2) is 6.47. The number of hydrogen-bond acceptors (Lipinski definition) is 3. The lowest BCUT2D eigenvalue weighted by Gasteiger charge is -2.15. The standard InChI is InChI=1S/C15H17F2NO2S/c1-4-14(12-6-5-11(16)7-13(12)17)21(19)8-15-18-9(2)10(3)20-15/h5-7,14H,4,8H2,1-3H3/t14-,21-/m0/s1. The smallest absolute Gasteiger partial charge is 0.207 e. The van der Waals surface area contributed by atoms with Gasteiger partial charge in [0.2, 0.25) is 5.89 Å².